The monoisotopic (exact) mass is 934 g/mol. The molecular weight excluding hydrogens is 892 g/mol. The highest BCUT2D eigenvalue weighted by molar-refractivity contribution is 7.00. The van der Waals surface area contributed by atoms with Crippen molar-refractivity contribution in [1.82, 2.24) is 0 Å². The Hall–Kier alpha value is -9.44. The van der Waals surface area contributed by atoms with Gasteiger partial charge in [-0.2, -0.15) is 0 Å². The Morgan fingerprint density at radius 2 is 0.689 bits per heavy atom. The Labute approximate surface area is 429 Å². The van der Waals surface area contributed by atoms with Gasteiger partial charge in [-0.15, -0.1) is 0 Å². The maximum atomic E-state index is 2.57. The van der Waals surface area contributed by atoms with E-state index in [1.54, 1.807) is 0 Å². The van der Waals surface area contributed by atoms with Crippen LogP contribution < -0.4 is 26.2 Å². The van der Waals surface area contributed by atoms with Crippen LogP contribution in [0.2, 0.25) is 0 Å². The number of nitrogens with zero attached hydrogens (tertiary/aromatic N) is 2. The van der Waals surface area contributed by atoms with E-state index in [0.29, 0.717) is 0 Å². The SMILES string of the molecule is c1ccc(N2c3cc4ccc5ccccc5c4cc3B3c4cc5c(ccc6ccccc65)cc4N(c4ccccc4)c4cc(-c5ccc6c(c5)-c5ccccc5C65c6ccccc6-c6ccccc65)cc2c43)cc1. The zero-order valence-corrected chi connectivity index (χ0v) is 40.3. The molecule has 2 aliphatic carbocycles. The standard InChI is InChI=1S/C71H43BN2/c1-3-19-50(20-4-1)73-66-38-47-33-31-44-17-7-9-23-52(44)57(47)42-64(66)72-65-43-58-48(34-32-45-18-8-10-24-53(45)58)39-67(65)74(51-21-5-2-6-22-51)69-41-49(40-68(73)70(69)72)46-35-36-63-59(37-46)56-27-13-16-30-62(56)71(63)60-28-14-11-25-54(60)55-26-12-15-29-61(55)71/h1-43H. The normalized spacial score (nSPS) is 14.0. The molecule has 340 valence electrons. The van der Waals surface area contributed by atoms with Crippen LogP contribution in [0.25, 0.3) is 76.5 Å². The third kappa shape index (κ3) is 5.25. The highest BCUT2D eigenvalue weighted by Crippen LogP contribution is 2.63. The molecule has 74 heavy (non-hydrogen) atoms. The topological polar surface area (TPSA) is 6.48 Å². The second-order valence-corrected chi connectivity index (χ2v) is 20.7. The minimum Gasteiger partial charge on any atom is -0.311 e. The number of para-hydroxylation sites is 2. The van der Waals surface area contributed by atoms with E-state index in [2.05, 4.69) is 271 Å². The zero-order valence-electron chi connectivity index (χ0n) is 40.3. The van der Waals surface area contributed by atoms with E-state index in [1.807, 2.05) is 0 Å². The lowest BCUT2D eigenvalue weighted by atomic mass is 9.33. The fourth-order valence-electron chi connectivity index (χ4n) is 14.2. The third-order valence-corrected chi connectivity index (χ3v) is 17.2. The summed E-state index contributed by atoms with van der Waals surface area (Å²) in [6.07, 6.45) is 0. The quantitative estimate of drug-likeness (QED) is 0.129. The van der Waals surface area contributed by atoms with Gasteiger partial charge in [0, 0.05) is 34.1 Å². The highest BCUT2D eigenvalue weighted by Gasteiger charge is 2.52. The number of hydrogen-bond donors (Lipinski definition) is 0. The maximum Gasteiger partial charge on any atom is 0.252 e. The fraction of sp³-hybridized carbons (Fsp3) is 0.0141. The molecule has 0 radical (unpaired) electrons. The molecule has 2 heterocycles. The summed E-state index contributed by atoms with van der Waals surface area (Å²) >= 11 is 0. The summed E-state index contributed by atoms with van der Waals surface area (Å²) in [6.45, 7) is -0.0695. The molecular formula is C71H43BN2. The van der Waals surface area contributed by atoms with Gasteiger partial charge in [0.25, 0.3) is 6.71 Å². The van der Waals surface area contributed by atoms with E-state index in [1.165, 1.54) is 138 Å². The number of benzene rings is 13. The summed E-state index contributed by atoms with van der Waals surface area (Å²) in [7, 11) is 0. The van der Waals surface area contributed by atoms with Gasteiger partial charge in [0.15, 0.2) is 0 Å². The van der Waals surface area contributed by atoms with Gasteiger partial charge in [-0.1, -0.05) is 206 Å². The van der Waals surface area contributed by atoms with Crippen LogP contribution in [0, 0.1) is 0 Å². The predicted octanol–water partition coefficient (Wildman–Crippen LogP) is 16.4. The van der Waals surface area contributed by atoms with E-state index >= 15 is 0 Å². The number of anilines is 6. The summed E-state index contributed by atoms with van der Waals surface area (Å²) < 4.78 is 0. The van der Waals surface area contributed by atoms with Crippen molar-refractivity contribution in [2.45, 2.75) is 5.41 Å². The molecule has 0 N–H and O–H groups in total. The van der Waals surface area contributed by atoms with Gasteiger partial charge in [-0.3, -0.25) is 0 Å². The number of fused-ring (bicyclic) bond motifs is 20. The largest absolute Gasteiger partial charge is 0.311 e. The van der Waals surface area contributed by atoms with E-state index in [9.17, 15) is 0 Å². The second-order valence-electron chi connectivity index (χ2n) is 20.7. The highest BCUT2D eigenvalue weighted by atomic mass is 15.2. The van der Waals surface area contributed by atoms with E-state index in [4.69, 9.17) is 0 Å². The zero-order chi connectivity index (χ0) is 48.2. The molecule has 13 aromatic rings. The van der Waals surface area contributed by atoms with Gasteiger partial charge in [0.1, 0.15) is 0 Å². The minimum atomic E-state index is -0.406. The average Bonchev–Trinajstić information content (AvgIpc) is 3.94. The Balaban J connectivity index is 0.983. The Morgan fingerprint density at radius 3 is 1.20 bits per heavy atom. The average molecular weight is 935 g/mol. The molecule has 0 amide bonds. The molecule has 2 nitrogen and oxygen atoms in total. The van der Waals surface area contributed by atoms with Crippen LogP contribution in [0.5, 0.6) is 0 Å². The van der Waals surface area contributed by atoms with Crippen LogP contribution in [-0.4, -0.2) is 6.71 Å². The Morgan fingerprint density at radius 1 is 0.270 bits per heavy atom. The predicted molar refractivity (Wildman–Crippen MR) is 312 cm³/mol. The first kappa shape index (κ1) is 40.2. The molecule has 17 rings (SSSR count). The van der Waals surface area contributed by atoms with Gasteiger partial charge in [0.2, 0.25) is 0 Å². The summed E-state index contributed by atoms with van der Waals surface area (Å²) in [5.74, 6) is 0. The molecule has 0 atom stereocenters. The van der Waals surface area contributed by atoms with Crippen molar-refractivity contribution in [3.63, 3.8) is 0 Å². The van der Waals surface area contributed by atoms with E-state index in [0.717, 1.165) is 11.4 Å². The summed E-state index contributed by atoms with van der Waals surface area (Å²) in [4.78, 5) is 5.13. The van der Waals surface area contributed by atoms with E-state index < -0.39 is 5.41 Å². The Bertz CT molecular complexity index is 4340. The van der Waals surface area contributed by atoms with Crippen LogP contribution in [0.1, 0.15) is 22.3 Å². The molecule has 2 aliphatic heterocycles. The first-order valence-corrected chi connectivity index (χ1v) is 25.9. The van der Waals surface area contributed by atoms with Gasteiger partial charge in [-0.25, -0.2) is 0 Å². The maximum absolute atomic E-state index is 2.57. The molecule has 13 aromatic carbocycles. The molecule has 1 spiro atoms. The summed E-state index contributed by atoms with van der Waals surface area (Å²) in [5.41, 5.74) is 23.6. The van der Waals surface area contributed by atoms with Crippen LogP contribution in [-0.2, 0) is 5.41 Å². The molecule has 0 bridgehead atoms. The van der Waals surface area contributed by atoms with Crippen molar-refractivity contribution in [2.75, 3.05) is 9.80 Å². The molecule has 4 aliphatic rings. The molecule has 0 fully saturated rings. The van der Waals surface area contributed by atoms with Crippen molar-refractivity contribution < 1.29 is 0 Å². The number of hydrogen-bond acceptors (Lipinski definition) is 2. The Kier molecular flexibility index (Phi) is 8.05. The lowest BCUT2D eigenvalue weighted by molar-refractivity contribution is 0.794. The van der Waals surface area contributed by atoms with Gasteiger partial charge < -0.3 is 9.80 Å². The van der Waals surface area contributed by atoms with Crippen LogP contribution in [0.15, 0.2) is 261 Å². The van der Waals surface area contributed by atoms with Crippen LogP contribution in [0.3, 0.4) is 0 Å². The molecule has 3 heteroatoms. The van der Waals surface area contributed by atoms with Crippen molar-refractivity contribution >= 4 is 100 Å². The lowest BCUT2D eigenvalue weighted by Crippen LogP contribution is -2.61. The van der Waals surface area contributed by atoms with Gasteiger partial charge in [-0.05, 0) is 170 Å². The molecule has 0 aromatic heterocycles. The van der Waals surface area contributed by atoms with Crippen LogP contribution in [0.4, 0.5) is 34.1 Å². The lowest BCUT2D eigenvalue weighted by Gasteiger charge is -2.44. The first-order valence-electron chi connectivity index (χ1n) is 25.9. The fourth-order valence-corrected chi connectivity index (χ4v) is 14.2. The van der Waals surface area contributed by atoms with Gasteiger partial charge in [0.05, 0.1) is 5.41 Å². The first-order chi connectivity index (χ1) is 36.7. The summed E-state index contributed by atoms with van der Waals surface area (Å²) in [6, 6.07) is 98.8. The third-order valence-electron chi connectivity index (χ3n) is 17.2. The van der Waals surface area contributed by atoms with Crippen molar-refractivity contribution in [1.29, 1.82) is 0 Å². The molecule has 0 saturated heterocycles. The smallest absolute Gasteiger partial charge is 0.252 e. The van der Waals surface area contributed by atoms with Gasteiger partial charge >= 0.3 is 0 Å². The van der Waals surface area contributed by atoms with E-state index in [-0.39, 0.29) is 6.71 Å². The number of rotatable bonds is 3. The molecule has 0 saturated carbocycles. The minimum absolute atomic E-state index is 0.0695. The molecule has 0 unspecified atom stereocenters. The second kappa shape index (κ2) is 14.8. The van der Waals surface area contributed by atoms with Crippen molar-refractivity contribution in [3.05, 3.63) is 283 Å². The van der Waals surface area contributed by atoms with Crippen molar-refractivity contribution in [2.24, 2.45) is 0 Å². The van der Waals surface area contributed by atoms with Crippen LogP contribution >= 0.6 is 0 Å². The van der Waals surface area contributed by atoms with Crippen molar-refractivity contribution in [3.8, 4) is 33.4 Å². The summed E-state index contributed by atoms with van der Waals surface area (Å²) in [5, 5.41) is 10.1.